The van der Waals surface area contributed by atoms with Gasteiger partial charge >= 0.3 is 5.97 Å². The molecule has 0 saturated heterocycles. The lowest BCUT2D eigenvalue weighted by Crippen LogP contribution is -2.18. The highest BCUT2D eigenvalue weighted by molar-refractivity contribution is 5.69. The van der Waals surface area contributed by atoms with Crippen LogP contribution in [0.4, 0.5) is 4.39 Å². The Morgan fingerprint density at radius 1 is 1.19 bits per heavy atom. The van der Waals surface area contributed by atoms with E-state index in [0.717, 1.165) is 5.56 Å². The fourth-order valence-electron chi connectivity index (χ4n) is 2.51. The molecule has 0 amide bonds. The maximum Gasteiger partial charge on any atom is 0.305 e. The Bertz CT molecular complexity index is 705. The van der Waals surface area contributed by atoms with E-state index in [0.29, 0.717) is 30.8 Å². The lowest BCUT2D eigenvalue weighted by molar-refractivity contribution is -0.148. The molecule has 6 heteroatoms. The third-order valence-electron chi connectivity index (χ3n) is 3.82. The van der Waals surface area contributed by atoms with Crippen molar-refractivity contribution in [3.8, 4) is 5.75 Å². The van der Waals surface area contributed by atoms with Crippen LogP contribution in [0.5, 0.6) is 5.75 Å². The average molecular weight is 376 g/mol. The van der Waals surface area contributed by atoms with Crippen molar-refractivity contribution >= 4 is 5.97 Å². The quantitative estimate of drug-likeness (QED) is 0.605. The molecule has 27 heavy (non-hydrogen) atoms. The number of halogens is 1. The van der Waals surface area contributed by atoms with Crippen LogP contribution in [0.2, 0.25) is 0 Å². The standard InChI is InChI=1S/C21H25FO5/c1-2-6-21(24)27-15-20(25-12-11-23)18-13-17(22)9-10-19(18)26-14-16-7-4-3-5-8-16/h3-5,7-10,13,20,23H,2,6,11-12,14-15H2,1H3/t20-/m0/s1. The van der Waals surface area contributed by atoms with Crippen LogP contribution in [-0.4, -0.2) is 30.9 Å². The summed E-state index contributed by atoms with van der Waals surface area (Å²) in [5.41, 5.74) is 1.40. The van der Waals surface area contributed by atoms with Gasteiger partial charge in [0.1, 0.15) is 30.9 Å². The topological polar surface area (TPSA) is 65.0 Å². The zero-order chi connectivity index (χ0) is 19.5. The molecule has 1 atom stereocenters. The summed E-state index contributed by atoms with van der Waals surface area (Å²) in [7, 11) is 0. The summed E-state index contributed by atoms with van der Waals surface area (Å²) in [5, 5.41) is 9.06. The van der Waals surface area contributed by atoms with Gasteiger partial charge in [-0.2, -0.15) is 0 Å². The molecule has 2 aromatic rings. The van der Waals surface area contributed by atoms with Crippen molar-refractivity contribution in [3.63, 3.8) is 0 Å². The summed E-state index contributed by atoms with van der Waals surface area (Å²) in [6, 6.07) is 13.7. The number of esters is 1. The number of carbonyl (C=O) groups is 1. The second-order valence-electron chi connectivity index (χ2n) is 5.97. The summed E-state index contributed by atoms with van der Waals surface area (Å²) in [4.78, 5) is 11.7. The zero-order valence-electron chi connectivity index (χ0n) is 15.4. The Balaban J connectivity index is 2.16. The molecule has 0 aliphatic rings. The molecule has 146 valence electrons. The molecule has 2 rings (SSSR count). The zero-order valence-corrected chi connectivity index (χ0v) is 15.4. The van der Waals surface area contributed by atoms with Crippen LogP contribution in [0.1, 0.15) is 37.0 Å². The van der Waals surface area contributed by atoms with Gasteiger partial charge in [-0.3, -0.25) is 4.79 Å². The average Bonchev–Trinajstić information content (AvgIpc) is 2.68. The summed E-state index contributed by atoms with van der Waals surface area (Å²) in [6.07, 6.45) is 0.235. The summed E-state index contributed by atoms with van der Waals surface area (Å²) < 4.78 is 30.5. The largest absolute Gasteiger partial charge is 0.489 e. The molecule has 0 radical (unpaired) electrons. The number of rotatable bonds is 11. The Kier molecular flexibility index (Phi) is 8.74. The van der Waals surface area contributed by atoms with Crippen molar-refractivity contribution in [1.29, 1.82) is 0 Å². The third kappa shape index (κ3) is 7.00. The van der Waals surface area contributed by atoms with Crippen molar-refractivity contribution < 1.29 is 28.5 Å². The van der Waals surface area contributed by atoms with Crippen molar-refractivity contribution in [1.82, 2.24) is 0 Å². The van der Waals surface area contributed by atoms with Crippen molar-refractivity contribution in [2.75, 3.05) is 19.8 Å². The van der Waals surface area contributed by atoms with E-state index in [1.54, 1.807) is 0 Å². The van der Waals surface area contributed by atoms with E-state index < -0.39 is 11.9 Å². The fraction of sp³-hybridized carbons (Fsp3) is 0.381. The van der Waals surface area contributed by atoms with Crippen molar-refractivity contribution in [3.05, 3.63) is 65.5 Å². The minimum atomic E-state index is -0.737. The van der Waals surface area contributed by atoms with Gasteiger partial charge in [0.25, 0.3) is 0 Å². The number of carbonyl (C=O) groups excluding carboxylic acids is 1. The van der Waals surface area contributed by atoms with Gasteiger partial charge < -0.3 is 19.3 Å². The van der Waals surface area contributed by atoms with Crippen molar-refractivity contribution in [2.45, 2.75) is 32.5 Å². The van der Waals surface area contributed by atoms with Gasteiger partial charge in [0.15, 0.2) is 0 Å². The third-order valence-corrected chi connectivity index (χ3v) is 3.82. The summed E-state index contributed by atoms with van der Waals surface area (Å²) in [6.45, 7) is 1.94. The Morgan fingerprint density at radius 3 is 2.67 bits per heavy atom. The molecule has 0 saturated carbocycles. The molecular weight excluding hydrogens is 351 g/mol. The van der Waals surface area contributed by atoms with E-state index in [9.17, 15) is 9.18 Å². The predicted molar refractivity (Wildman–Crippen MR) is 98.8 cm³/mol. The summed E-state index contributed by atoms with van der Waals surface area (Å²) >= 11 is 0. The molecule has 1 N–H and O–H groups in total. The maximum absolute atomic E-state index is 13.8. The van der Waals surface area contributed by atoms with Crippen molar-refractivity contribution in [2.24, 2.45) is 0 Å². The smallest absolute Gasteiger partial charge is 0.305 e. The van der Waals surface area contributed by atoms with Crippen LogP contribution in [0.3, 0.4) is 0 Å². The number of aliphatic hydroxyl groups excluding tert-OH is 1. The van der Waals surface area contributed by atoms with Gasteiger partial charge in [-0.05, 0) is 30.2 Å². The number of hydrogen-bond donors (Lipinski definition) is 1. The minimum absolute atomic E-state index is 0.0324. The first-order valence-electron chi connectivity index (χ1n) is 8.98. The molecule has 0 fully saturated rings. The van der Waals surface area contributed by atoms with Gasteiger partial charge in [0.2, 0.25) is 0 Å². The highest BCUT2D eigenvalue weighted by Gasteiger charge is 2.20. The van der Waals surface area contributed by atoms with Gasteiger partial charge in [0.05, 0.1) is 13.2 Å². The molecule has 0 bridgehead atoms. The number of benzene rings is 2. The van der Waals surface area contributed by atoms with E-state index in [4.69, 9.17) is 19.3 Å². The number of ether oxygens (including phenoxy) is 3. The van der Waals surface area contributed by atoms with Crippen LogP contribution in [0, 0.1) is 5.82 Å². The molecule has 5 nitrogen and oxygen atoms in total. The van der Waals surface area contributed by atoms with Crippen LogP contribution < -0.4 is 4.74 Å². The molecule has 0 aliphatic heterocycles. The normalized spacial score (nSPS) is 11.8. The minimum Gasteiger partial charge on any atom is -0.489 e. The Hall–Kier alpha value is -2.44. The Labute approximate surface area is 158 Å². The first-order valence-corrected chi connectivity index (χ1v) is 8.98. The lowest BCUT2D eigenvalue weighted by Gasteiger charge is -2.21. The summed E-state index contributed by atoms with van der Waals surface area (Å²) in [5.74, 6) is -0.359. The number of hydrogen-bond acceptors (Lipinski definition) is 5. The molecule has 2 aromatic carbocycles. The van der Waals surface area contributed by atoms with Crippen LogP contribution in [-0.2, 0) is 20.9 Å². The Morgan fingerprint density at radius 2 is 1.96 bits per heavy atom. The highest BCUT2D eigenvalue weighted by atomic mass is 19.1. The van der Waals surface area contributed by atoms with Crippen LogP contribution in [0.15, 0.2) is 48.5 Å². The molecular formula is C21H25FO5. The predicted octanol–water partition coefficient (Wildman–Crippen LogP) is 3.80. The van der Waals surface area contributed by atoms with Gasteiger partial charge in [-0.1, -0.05) is 37.3 Å². The van der Waals surface area contributed by atoms with E-state index in [1.807, 2.05) is 37.3 Å². The SMILES string of the molecule is CCCC(=O)OC[C@H](OCCO)c1cc(F)ccc1OCc1ccccc1. The van der Waals surface area contributed by atoms with E-state index in [1.165, 1.54) is 18.2 Å². The molecule has 0 heterocycles. The molecule has 0 aliphatic carbocycles. The highest BCUT2D eigenvalue weighted by Crippen LogP contribution is 2.30. The van der Waals surface area contributed by atoms with Crippen LogP contribution >= 0.6 is 0 Å². The second kappa shape index (κ2) is 11.3. The maximum atomic E-state index is 13.8. The lowest BCUT2D eigenvalue weighted by atomic mass is 10.1. The fourth-order valence-corrected chi connectivity index (χ4v) is 2.51. The number of aliphatic hydroxyl groups is 1. The second-order valence-corrected chi connectivity index (χ2v) is 5.97. The van der Waals surface area contributed by atoms with Crippen LogP contribution in [0.25, 0.3) is 0 Å². The van der Waals surface area contributed by atoms with Gasteiger partial charge in [-0.15, -0.1) is 0 Å². The van der Waals surface area contributed by atoms with Gasteiger partial charge in [-0.25, -0.2) is 4.39 Å². The molecule has 0 aromatic heterocycles. The monoisotopic (exact) mass is 376 g/mol. The molecule has 0 spiro atoms. The first-order chi connectivity index (χ1) is 13.1. The molecule has 0 unspecified atom stereocenters. The first kappa shape index (κ1) is 20.9. The van der Waals surface area contributed by atoms with E-state index >= 15 is 0 Å². The van der Waals surface area contributed by atoms with E-state index in [2.05, 4.69) is 0 Å². The van der Waals surface area contributed by atoms with E-state index in [-0.39, 0.29) is 25.8 Å². The van der Waals surface area contributed by atoms with Gasteiger partial charge in [0, 0.05) is 12.0 Å².